The van der Waals surface area contributed by atoms with Gasteiger partial charge < -0.3 is 20.1 Å². The fourth-order valence-corrected chi connectivity index (χ4v) is 4.29. The van der Waals surface area contributed by atoms with E-state index in [1.54, 1.807) is 54.6 Å². The zero-order chi connectivity index (χ0) is 26.5. The number of carbonyl (C=O) groups is 3. The summed E-state index contributed by atoms with van der Waals surface area (Å²) in [6, 6.07) is 17.1. The van der Waals surface area contributed by atoms with Crippen LogP contribution in [0.5, 0.6) is 11.5 Å². The van der Waals surface area contributed by atoms with E-state index in [9.17, 15) is 14.4 Å². The third kappa shape index (κ3) is 5.70. The highest BCUT2D eigenvalue weighted by Gasteiger charge is 2.28. The molecule has 0 saturated heterocycles. The number of rotatable bonds is 7. The van der Waals surface area contributed by atoms with Crippen LogP contribution in [0, 0.1) is 6.92 Å². The lowest BCUT2D eigenvalue weighted by atomic mass is 10.1. The molecule has 0 bridgehead atoms. The van der Waals surface area contributed by atoms with Gasteiger partial charge >= 0.3 is 0 Å². The molecule has 1 aliphatic heterocycles. The minimum atomic E-state index is -0.741. The van der Waals surface area contributed by atoms with Crippen LogP contribution in [0.15, 0.2) is 75.9 Å². The summed E-state index contributed by atoms with van der Waals surface area (Å²) in [6.45, 7) is 1.85. The average molecular weight is 563 g/mol. The number of benzene rings is 3. The summed E-state index contributed by atoms with van der Waals surface area (Å²) in [5.74, 6) is -0.711. The van der Waals surface area contributed by atoms with E-state index in [-0.39, 0.29) is 11.4 Å². The van der Waals surface area contributed by atoms with Gasteiger partial charge in [-0.3, -0.25) is 14.4 Å². The molecular weight excluding hydrogens is 540 g/mol. The van der Waals surface area contributed by atoms with Gasteiger partial charge in [-0.1, -0.05) is 34.1 Å². The number of hydrogen-bond donors (Lipinski definition) is 3. The molecule has 0 atom stereocenters. The van der Waals surface area contributed by atoms with Crippen LogP contribution >= 0.6 is 15.9 Å². The number of amides is 3. The molecule has 0 aromatic heterocycles. The minimum Gasteiger partial charge on any atom is -0.497 e. The third-order valence-electron chi connectivity index (χ3n) is 5.54. The molecule has 0 aliphatic carbocycles. The number of fused-ring (bicyclic) bond motifs is 1. The van der Waals surface area contributed by atoms with Crippen LogP contribution < -0.4 is 25.5 Å². The maximum Gasteiger partial charge on any atom is 0.287 e. The summed E-state index contributed by atoms with van der Waals surface area (Å²) in [7, 11) is 3.00. The van der Waals surface area contributed by atoms with E-state index in [4.69, 9.17) is 9.47 Å². The van der Waals surface area contributed by atoms with Crippen LogP contribution in [0.1, 0.15) is 27.0 Å². The standard InChI is InChI=1S/C27H23BrN4O5/c1-15-11-18(28)14-20-23(15)30-27(35)24(20)31-32-26(34)21(29-25(33)16-7-5-4-6-8-16)13-17-12-19(36-2)9-10-22(17)37-3/h4-14H,1-3H3,(H,29,33)(H,32,34)(H,30,31,35). The lowest BCUT2D eigenvalue weighted by molar-refractivity contribution is -0.117. The van der Waals surface area contributed by atoms with Crippen molar-refractivity contribution in [1.29, 1.82) is 0 Å². The first-order valence-electron chi connectivity index (χ1n) is 11.1. The van der Waals surface area contributed by atoms with Crippen molar-refractivity contribution < 1.29 is 23.9 Å². The van der Waals surface area contributed by atoms with E-state index < -0.39 is 17.7 Å². The Kier molecular flexibility index (Phi) is 7.69. The summed E-state index contributed by atoms with van der Waals surface area (Å²) in [5.41, 5.74) is 5.17. The Labute approximate surface area is 221 Å². The van der Waals surface area contributed by atoms with Gasteiger partial charge in [-0.15, -0.1) is 0 Å². The molecule has 1 heterocycles. The summed E-state index contributed by atoms with van der Waals surface area (Å²) in [6.07, 6.45) is 1.45. The SMILES string of the molecule is COc1ccc(OC)c(C=C(NC(=O)c2ccccc2)C(=O)NN=C2C(=O)Nc3c(C)cc(Br)cc32)c1. The van der Waals surface area contributed by atoms with E-state index >= 15 is 0 Å². The zero-order valence-corrected chi connectivity index (χ0v) is 21.8. The van der Waals surface area contributed by atoms with Gasteiger partial charge in [0.25, 0.3) is 17.7 Å². The maximum absolute atomic E-state index is 13.3. The summed E-state index contributed by atoms with van der Waals surface area (Å²) < 4.78 is 11.4. The minimum absolute atomic E-state index is 0.0421. The largest absolute Gasteiger partial charge is 0.497 e. The Hall–Kier alpha value is -4.44. The molecule has 3 aromatic rings. The second-order valence-corrected chi connectivity index (χ2v) is 8.90. The molecule has 10 heteroatoms. The van der Waals surface area contributed by atoms with Crippen LogP contribution in [0.3, 0.4) is 0 Å². The number of hydrogen-bond acceptors (Lipinski definition) is 6. The van der Waals surface area contributed by atoms with Crippen molar-refractivity contribution in [2.24, 2.45) is 5.10 Å². The highest BCUT2D eigenvalue weighted by molar-refractivity contribution is 9.10. The van der Waals surface area contributed by atoms with Crippen molar-refractivity contribution in [2.45, 2.75) is 6.92 Å². The van der Waals surface area contributed by atoms with Crippen LogP contribution in [0.2, 0.25) is 0 Å². The molecular formula is C27H23BrN4O5. The maximum atomic E-state index is 13.3. The number of hydrazone groups is 1. The first-order chi connectivity index (χ1) is 17.8. The van der Waals surface area contributed by atoms with E-state index in [0.29, 0.717) is 33.9 Å². The molecule has 3 aromatic carbocycles. The van der Waals surface area contributed by atoms with Gasteiger partial charge in [0.05, 0.1) is 19.9 Å². The Morgan fingerprint density at radius 2 is 1.78 bits per heavy atom. The molecule has 37 heavy (non-hydrogen) atoms. The first kappa shape index (κ1) is 25.6. The fraction of sp³-hybridized carbons (Fsp3) is 0.111. The van der Waals surface area contributed by atoms with Crippen molar-refractivity contribution in [3.05, 3.63) is 93.1 Å². The predicted molar refractivity (Wildman–Crippen MR) is 144 cm³/mol. The highest BCUT2D eigenvalue weighted by atomic mass is 79.9. The summed E-state index contributed by atoms with van der Waals surface area (Å²) in [5, 5.41) is 9.47. The number of nitrogens with zero attached hydrogens (tertiary/aromatic N) is 1. The van der Waals surface area contributed by atoms with Gasteiger partial charge in [-0.2, -0.15) is 5.10 Å². The molecule has 1 aliphatic rings. The fourth-order valence-electron chi connectivity index (χ4n) is 3.72. The second-order valence-electron chi connectivity index (χ2n) is 7.99. The smallest absolute Gasteiger partial charge is 0.287 e. The van der Waals surface area contributed by atoms with Crippen molar-refractivity contribution in [1.82, 2.24) is 10.7 Å². The summed E-state index contributed by atoms with van der Waals surface area (Å²) >= 11 is 3.42. The molecule has 3 N–H and O–H groups in total. The van der Waals surface area contributed by atoms with E-state index in [0.717, 1.165) is 10.0 Å². The van der Waals surface area contributed by atoms with Crippen molar-refractivity contribution in [3.63, 3.8) is 0 Å². The molecule has 9 nitrogen and oxygen atoms in total. The summed E-state index contributed by atoms with van der Waals surface area (Å²) in [4.78, 5) is 38.7. The van der Waals surface area contributed by atoms with E-state index in [1.807, 2.05) is 13.0 Å². The number of halogens is 1. The Morgan fingerprint density at radius 3 is 2.49 bits per heavy atom. The van der Waals surface area contributed by atoms with Gasteiger partial charge in [0.15, 0.2) is 5.71 Å². The molecule has 0 spiro atoms. The van der Waals surface area contributed by atoms with Crippen LogP contribution in [-0.4, -0.2) is 37.7 Å². The van der Waals surface area contributed by atoms with Crippen molar-refractivity contribution in [2.75, 3.05) is 19.5 Å². The number of aryl methyl sites for hydroxylation is 1. The Morgan fingerprint density at radius 1 is 1.03 bits per heavy atom. The topological polar surface area (TPSA) is 118 Å². The zero-order valence-electron chi connectivity index (χ0n) is 20.2. The van der Waals surface area contributed by atoms with Gasteiger partial charge in [-0.25, -0.2) is 5.43 Å². The molecule has 0 unspecified atom stereocenters. The Balaban J connectivity index is 1.70. The molecule has 0 saturated carbocycles. The lowest BCUT2D eigenvalue weighted by Crippen LogP contribution is -2.33. The monoisotopic (exact) mass is 562 g/mol. The van der Waals surface area contributed by atoms with Crippen LogP contribution in [-0.2, 0) is 9.59 Å². The van der Waals surface area contributed by atoms with Crippen molar-refractivity contribution in [3.8, 4) is 11.5 Å². The number of ether oxygens (including phenoxy) is 2. The van der Waals surface area contributed by atoms with Gasteiger partial charge in [-0.05, 0) is 61.0 Å². The first-order valence-corrected chi connectivity index (χ1v) is 11.9. The number of methoxy groups -OCH3 is 2. The molecule has 188 valence electrons. The second kappa shape index (κ2) is 11.1. The average Bonchev–Trinajstić information content (AvgIpc) is 3.22. The van der Waals surface area contributed by atoms with Crippen LogP contribution in [0.25, 0.3) is 6.08 Å². The van der Waals surface area contributed by atoms with E-state index in [1.165, 1.54) is 20.3 Å². The number of carbonyl (C=O) groups excluding carboxylic acids is 3. The normalized spacial score (nSPS) is 13.6. The number of nitrogens with one attached hydrogen (secondary N) is 3. The molecule has 3 amide bonds. The number of anilines is 1. The highest BCUT2D eigenvalue weighted by Crippen LogP contribution is 2.31. The molecule has 0 fully saturated rings. The lowest BCUT2D eigenvalue weighted by Gasteiger charge is -2.12. The Bertz CT molecular complexity index is 1450. The van der Waals surface area contributed by atoms with Gasteiger partial charge in [0.2, 0.25) is 0 Å². The van der Waals surface area contributed by atoms with Gasteiger partial charge in [0, 0.05) is 21.2 Å². The van der Waals surface area contributed by atoms with Crippen LogP contribution in [0.4, 0.5) is 5.69 Å². The molecule has 0 radical (unpaired) electrons. The quantitative estimate of drug-likeness (QED) is 0.297. The third-order valence-corrected chi connectivity index (χ3v) is 6.00. The van der Waals surface area contributed by atoms with E-state index in [2.05, 4.69) is 37.1 Å². The predicted octanol–water partition coefficient (Wildman–Crippen LogP) is 4.02. The molecule has 4 rings (SSSR count). The van der Waals surface area contributed by atoms with Gasteiger partial charge in [0.1, 0.15) is 17.2 Å². The van der Waals surface area contributed by atoms with Crippen molar-refractivity contribution >= 4 is 51.1 Å².